The summed E-state index contributed by atoms with van der Waals surface area (Å²) in [5, 5.41) is 14.7. The number of amides is 1. The summed E-state index contributed by atoms with van der Waals surface area (Å²) in [5.41, 5.74) is -3.36. The first kappa shape index (κ1) is 27.9. The van der Waals surface area contributed by atoms with Crippen LogP contribution in [0.15, 0.2) is 36.7 Å². The molecule has 1 unspecified atom stereocenters. The molecule has 2 aromatic carbocycles. The van der Waals surface area contributed by atoms with Crippen LogP contribution >= 0.6 is 11.6 Å². The molecule has 13 heteroatoms. The lowest BCUT2D eigenvalue weighted by Crippen LogP contribution is -2.36. The van der Waals surface area contributed by atoms with E-state index in [1.165, 1.54) is 31.2 Å². The fraction of sp³-hybridized carbons (Fsp3) is 0.346. The molecular formula is C26H23ClF3N5O4. The van der Waals surface area contributed by atoms with E-state index >= 15 is 8.78 Å². The number of nitrogens with zero attached hydrogens (tertiary/aromatic N) is 4. The van der Waals surface area contributed by atoms with Gasteiger partial charge in [0, 0.05) is 18.0 Å². The van der Waals surface area contributed by atoms with E-state index in [4.69, 9.17) is 16.3 Å². The molecule has 0 radical (unpaired) electrons. The van der Waals surface area contributed by atoms with Gasteiger partial charge in [0.1, 0.15) is 28.7 Å². The third-order valence-electron chi connectivity index (χ3n) is 5.98. The van der Waals surface area contributed by atoms with Crippen LogP contribution in [0.5, 0.6) is 0 Å². The molecule has 3 aromatic rings. The van der Waals surface area contributed by atoms with Gasteiger partial charge in [0.25, 0.3) is 11.6 Å². The highest BCUT2D eigenvalue weighted by Gasteiger charge is 2.58. The number of benzene rings is 2. The Morgan fingerprint density at radius 2 is 1.97 bits per heavy atom. The number of hydrogen-bond acceptors (Lipinski definition) is 7. The number of nitro groups is 1. The molecule has 4 rings (SSSR count). The first-order chi connectivity index (χ1) is 18.1. The summed E-state index contributed by atoms with van der Waals surface area (Å²) in [4.78, 5) is 32.6. The molecule has 0 saturated carbocycles. The summed E-state index contributed by atoms with van der Waals surface area (Å²) in [6.45, 7) is 4.69. The zero-order chi connectivity index (χ0) is 28.8. The number of nitrogens with one attached hydrogen (secondary N) is 1. The monoisotopic (exact) mass is 561 g/mol. The van der Waals surface area contributed by atoms with E-state index in [9.17, 15) is 19.3 Å². The van der Waals surface area contributed by atoms with E-state index in [1.54, 1.807) is 20.8 Å². The minimum Gasteiger partial charge on any atom is -0.444 e. The van der Waals surface area contributed by atoms with Crippen molar-refractivity contribution in [3.63, 3.8) is 0 Å². The van der Waals surface area contributed by atoms with E-state index in [1.807, 2.05) is 0 Å². The van der Waals surface area contributed by atoms with Crippen LogP contribution in [0, 0.1) is 33.2 Å². The Bertz CT molecular complexity index is 1550. The van der Waals surface area contributed by atoms with E-state index in [0.29, 0.717) is 0 Å². The van der Waals surface area contributed by atoms with Crippen LogP contribution in [0.4, 0.5) is 35.2 Å². The Morgan fingerprint density at radius 1 is 1.26 bits per heavy atom. The van der Waals surface area contributed by atoms with Crippen LogP contribution in [0.2, 0.25) is 5.02 Å². The smallest absolute Gasteiger partial charge is 0.410 e. The van der Waals surface area contributed by atoms with Crippen molar-refractivity contribution in [2.75, 3.05) is 18.4 Å². The Kier molecular flexibility index (Phi) is 7.08. The average Bonchev–Trinajstić information content (AvgIpc) is 3.08. The quantitative estimate of drug-likeness (QED) is 0.226. The highest BCUT2D eigenvalue weighted by atomic mass is 35.5. The van der Waals surface area contributed by atoms with E-state index in [-0.39, 0.29) is 33.0 Å². The fourth-order valence-corrected chi connectivity index (χ4v) is 4.10. The number of nitro benzene ring substituents is 1. The molecule has 1 atom stereocenters. The molecule has 1 N–H and O–H groups in total. The van der Waals surface area contributed by atoms with E-state index in [0.717, 1.165) is 17.3 Å². The minimum absolute atomic E-state index is 0.0139. The van der Waals surface area contributed by atoms with Gasteiger partial charge in [-0.1, -0.05) is 29.5 Å². The van der Waals surface area contributed by atoms with Gasteiger partial charge < -0.3 is 15.0 Å². The van der Waals surface area contributed by atoms with Crippen LogP contribution in [0.25, 0.3) is 10.9 Å². The lowest BCUT2D eigenvalue weighted by atomic mass is 9.86. The number of likely N-dealkylation sites (tertiary alicyclic amines) is 1. The van der Waals surface area contributed by atoms with Gasteiger partial charge in [-0.25, -0.2) is 27.9 Å². The minimum atomic E-state index is -3.41. The molecular weight excluding hydrogens is 539 g/mol. The Labute approximate surface area is 226 Å². The molecule has 0 aliphatic carbocycles. The lowest BCUT2D eigenvalue weighted by Gasteiger charge is -2.24. The SMILES string of the molecule is CC(C)(C)OC(=O)N1CC(F)(F)C(C)(C#Cc2cc3ncnc(Nc4cccc(Cl)c4F)c3cc2[N+](=O)[O-])C1. The van der Waals surface area contributed by atoms with Gasteiger partial charge in [0.05, 0.1) is 27.7 Å². The van der Waals surface area contributed by atoms with Gasteiger partial charge in [0.15, 0.2) is 5.82 Å². The van der Waals surface area contributed by atoms with Crippen LogP contribution in [-0.4, -0.2) is 50.5 Å². The van der Waals surface area contributed by atoms with Crippen molar-refractivity contribution in [3.05, 3.63) is 63.2 Å². The maximum atomic E-state index is 15.0. The van der Waals surface area contributed by atoms with Crippen LogP contribution in [0.3, 0.4) is 0 Å². The largest absolute Gasteiger partial charge is 0.444 e. The number of carbonyl (C=O) groups excluding carboxylic acids is 1. The number of anilines is 2. The molecule has 204 valence electrons. The summed E-state index contributed by atoms with van der Waals surface area (Å²) in [7, 11) is 0. The van der Waals surface area contributed by atoms with E-state index in [2.05, 4.69) is 27.1 Å². The molecule has 1 aromatic heterocycles. The van der Waals surface area contributed by atoms with Gasteiger partial charge in [0.2, 0.25) is 0 Å². The molecule has 1 aliphatic rings. The van der Waals surface area contributed by atoms with Crippen molar-refractivity contribution in [2.24, 2.45) is 5.41 Å². The van der Waals surface area contributed by atoms with Crippen molar-refractivity contribution in [2.45, 2.75) is 39.2 Å². The number of carbonyl (C=O) groups is 1. The Hall–Kier alpha value is -4.11. The predicted octanol–water partition coefficient (Wildman–Crippen LogP) is 6.32. The molecule has 0 spiro atoms. The zero-order valence-electron chi connectivity index (χ0n) is 21.3. The number of halogens is 4. The molecule has 1 saturated heterocycles. The van der Waals surface area contributed by atoms with E-state index < -0.39 is 52.5 Å². The topological polar surface area (TPSA) is 110 Å². The maximum absolute atomic E-state index is 15.0. The highest BCUT2D eigenvalue weighted by molar-refractivity contribution is 6.31. The Morgan fingerprint density at radius 3 is 2.64 bits per heavy atom. The average molecular weight is 562 g/mol. The van der Waals surface area contributed by atoms with Crippen LogP contribution in [-0.2, 0) is 4.74 Å². The summed E-state index contributed by atoms with van der Waals surface area (Å²) in [6, 6.07) is 6.68. The second-order valence-electron chi connectivity index (χ2n) is 10.2. The molecule has 1 amide bonds. The van der Waals surface area contributed by atoms with Crippen LogP contribution in [0.1, 0.15) is 33.3 Å². The lowest BCUT2D eigenvalue weighted by molar-refractivity contribution is -0.385. The van der Waals surface area contributed by atoms with Crippen molar-refractivity contribution in [1.29, 1.82) is 0 Å². The third kappa shape index (κ3) is 5.68. The van der Waals surface area contributed by atoms with Gasteiger partial charge in [-0.2, -0.15) is 0 Å². The summed E-state index contributed by atoms with van der Waals surface area (Å²) >= 11 is 5.83. The molecule has 0 bridgehead atoms. The number of rotatable bonds is 3. The number of aromatic nitrogens is 2. The van der Waals surface area contributed by atoms with Gasteiger partial charge in [-0.05, 0) is 45.9 Å². The van der Waals surface area contributed by atoms with Gasteiger partial charge in [-0.3, -0.25) is 10.1 Å². The highest BCUT2D eigenvalue weighted by Crippen LogP contribution is 2.44. The Balaban J connectivity index is 1.72. The predicted molar refractivity (Wildman–Crippen MR) is 139 cm³/mol. The molecule has 1 fully saturated rings. The standard InChI is InChI=1S/C26H23ClF3N5O4/c1-24(2,3)39-23(36)34-12-25(4,26(29,30)13-34)9-8-15-10-19-16(11-20(15)35(37)38)22(32-14-31-19)33-18-7-5-6-17(27)21(18)28/h5-7,10-11,14H,12-13H2,1-4H3,(H,31,32,33). The first-order valence-corrected chi connectivity index (χ1v) is 12.0. The number of fused-ring (bicyclic) bond motifs is 1. The number of ether oxygens (including phenoxy) is 1. The third-order valence-corrected chi connectivity index (χ3v) is 6.27. The summed E-state index contributed by atoms with van der Waals surface area (Å²) < 4.78 is 49.6. The molecule has 1 aliphatic heterocycles. The van der Waals surface area contributed by atoms with Crippen molar-refractivity contribution in [3.8, 4) is 11.8 Å². The summed E-state index contributed by atoms with van der Waals surface area (Å²) in [6.07, 6.45) is 0.249. The number of alkyl halides is 2. The maximum Gasteiger partial charge on any atom is 0.410 e. The second kappa shape index (κ2) is 9.89. The van der Waals surface area contributed by atoms with Gasteiger partial charge >= 0.3 is 6.09 Å². The van der Waals surface area contributed by atoms with Gasteiger partial charge in [-0.15, -0.1) is 0 Å². The fourth-order valence-electron chi connectivity index (χ4n) is 3.93. The number of hydrogen-bond donors (Lipinski definition) is 1. The van der Waals surface area contributed by atoms with Crippen molar-refractivity contribution in [1.82, 2.24) is 14.9 Å². The first-order valence-electron chi connectivity index (χ1n) is 11.6. The van der Waals surface area contributed by atoms with Crippen LogP contribution < -0.4 is 5.32 Å². The zero-order valence-corrected chi connectivity index (χ0v) is 22.1. The normalized spacial score (nSPS) is 18.4. The van der Waals surface area contributed by atoms with Crippen molar-refractivity contribution < 1.29 is 27.6 Å². The molecule has 39 heavy (non-hydrogen) atoms. The summed E-state index contributed by atoms with van der Waals surface area (Å²) in [5.74, 6) is 0.878. The molecule has 9 nitrogen and oxygen atoms in total. The van der Waals surface area contributed by atoms with Crippen molar-refractivity contribution >= 4 is 45.8 Å². The second-order valence-corrected chi connectivity index (χ2v) is 10.6. The molecule has 2 heterocycles.